The van der Waals surface area contributed by atoms with Gasteiger partial charge in [0.15, 0.2) is 0 Å². The summed E-state index contributed by atoms with van der Waals surface area (Å²) in [5, 5.41) is 9.23. The molecule has 3 rings (SSSR count). The van der Waals surface area contributed by atoms with Crippen molar-refractivity contribution in [2.45, 2.75) is 31.4 Å². The second-order valence-electron chi connectivity index (χ2n) is 6.82. The average molecular weight is 367 g/mol. The molecule has 0 aliphatic carbocycles. The Morgan fingerprint density at radius 2 is 2.04 bits per heavy atom. The van der Waals surface area contributed by atoms with E-state index < -0.39 is 5.60 Å². The zero-order valence-electron chi connectivity index (χ0n) is 15.5. The van der Waals surface area contributed by atoms with E-state index in [1.165, 1.54) is 0 Å². The van der Waals surface area contributed by atoms with Crippen molar-refractivity contribution >= 4 is 11.9 Å². The van der Waals surface area contributed by atoms with Gasteiger partial charge in [0, 0.05) is 37.8 Å². The van der Waals surface area contributed by atoms with Crippen LogP contribution in [0, 0.1) is 0 Å². The lowest BCUT2D eigenvalue weighted by molar-refractivity contribution is -0.0385. The third-order valence-electron chi connectivity index (χ3n) is 5.19. The number of benzene rings is 1. The maximum Gasteiger partial charge on any atom is 0.411 e. The number of anilines is 1. The molecule has 0 spiro atoms. The molecule has 6 heteroatoms. The summed E-state index contributed by atoms with van der Waals surface area (Å²) >= 11 is 0. The zero-order valence-corrected chi connectivity index (χ0v) is 15.5. The SMILES string of the molecule is C=C[C@@]1(CCO)CCN([C@@H](C)c2ccc(-c3ccc(N)nc3)cc2)C(=O)O1. The van der Waals surface area contributed by atoms with Gasteiger partial charge in [0.05, 0.1) is 6.04 Å². The molecule has 1 amide bonds. The molecule has 1 saturated heterocycles. The molecule has 0 unspecified atom stereocenters. The average Bonchev–Trinajstić information content (AvgIpc) is 2.68. The van der Waals surface area contributed by atoms with E-state index in [-0.39, 0.29) is 18.7 Å². The molecular weight excluding hydrogens is 342 g/mol. The highest BCUT2D eigenvalue weighted by atomic mass is 16.6. The minimum Gasteiger partial charge on any atom is -0.438 e. The fourth-order valence-corrected chi connectivity index (χ4v) is 3.36. The Hall–Kier alpha value is -2.86. The molecule has 2 aromatic rings. The Morgan fingerprint density at radius 3 is 2.59 bits per heavy atom. The van der Waals surface area contributed by atoms with Crippen LogP contribution >= 0.6 is 0 Å². The topological polar surface area (TPSA) is 88.7 Å². The summed E-state index contributed by atoms with van der Waals surface area (Å²) in [6, 6.07) is 11.6. The summed E-state index contributed by atoms with van der Waals surface area (Å²) < 4.78 is 5.61. The van der Waals surface area contributed by atoms with Gasteiger partial charge in [0.25, 0.3) is 0 Å². The van der Waals surface area contributed by atoms with Crippen LogP contribution in [-0.4, -0.2) is 39.8 Å². The van der Waals surface area contributed by atoms with Gasteiger partial charge in [-0.25, -0.2) is 9.78 Å². The minimum absolute atomic E-state index is 0.0453. The van der Waals surface area contributed by atoms with Gasteiger partial charge in [-0.05, 0) is 36.3 Å². The van der Waals surface area contributed by atoms with Crippen molar-refractivity contribution in [3.8, 4) is 11.1 Å². The van der Waals surface area contributed by atoms with E-state index in [2.05, 4.69) is 11.6 Å². The van der Waals surface area contributed by atoms with Gasteiger partial charge < -0.3 is 20.5 Å². The van der Waals surface area contributed by atoms with Gasteiger partial charge in [-0.1, -0.05) is 30.8 Å². The highest BCUT2D eigenvalue weighted by molar-refractivity contribution is 5.70. The maximum atomic E-state index is 12.5. The molecule has 1 fully saturated rings. The quantitative estimate of drug-likeness (QED) is 0.763. The zero-order chi connectivity index (χ0) is 19.4. The second-order valence-corrected chi connectivity index (χ2v) is 6.82. The number of nitrogens with zero attached hydrogens (tertiary/aromatic N) is 2. The van der Waals surface area contributed by atoms with Crippen molar-refractivity contribution in [2.24, 2.45) is 0 Å². The van der Waals surface area contributed by atoms with Gasteiger partial charge in [-0.15, -0.1) is 0 Å². The summed E-state index contributed by atoms with van der Waals surface area (Å²) in [5.41, 5.74) is 7.90. The van der Waals surface area contributed by atoms with E-state index in [4.69, 9.17) is 10.5 Å². The highest BCUT2D eigenvalue weighted by Gasteiger charge is 2.39. The van der Waals surface area contributed by atoms with E-state index in [1.807, 2.05) is 37.3 Å². The Balaban J connectivity index is 1.72. The Labute approximate surface area is 159 Å². The molecule has 1 aliphatic rings. The number of rotatable bonds is 6. The molecule has 2 atom stereocenters. The van der Waals surface area contributed by atoms with Crippen molar-refractivity contribution in [3.63, 3.8) is 0 Å². The molecule has 3 N–H and O–H groups in total. The smallest absolute Gasteiger partial charge is 0.411 e. The van der Waals surface area contributed by atoms with Crippen molar-refractivity contribution in [2.75, 3.05) is 18.9 Å². The fraction of sp³-hybridized carbons (Fsp3) is 0.333. The van der Waals surface area contributed by atoms with Crippen molar-refractivity contribution < 1.29 is 14.6 Å². The number of hydrogen-bond acceptors (Lipinski definition) is 5. The number of hydrogen-bond donors (Lipinski definition) is 2. The first-order chi connectivity index (χ1) is 13.0. The van der Waals surface area contributed by atoms with Crippen LogP contribution in [0.3, 0.4) is 0 Å². The third-order valence-corrected chi connectivity index (χ3v) is 5.19. The summed E-state index contributed by atoms with van der Waals surface area (Å²) in [6.45, 7) is 6.25. The van der Waals surface area contributed by atoms with Crippen LogP contribution in [0.4, 0.5) is 10.6 Å². The van der Waals surface area contributed by atoms with Gasteiger partial charge in [-0.3, -0.25) is 0 Å². The van der Waals surface area contributed by atoms with Crippen molar-refractivity contribution in [1.29, 1.82) is 0 Å². The Morgan fingerprint density at radius 1 is 1.33 bits per heavy atom. The molecule has 0 radical (unpaired) electrons. The molecule has 1 aromatic carbocycles. The molecule has 27 heavy (non-hydrogen) atoms. The van der Waals surface area contributed by atoms with E-state index in [1.54, 1.807) is 23.2 Å². The number of nitrogens with two attached hydrogens (primary N) is 1. The monoisotopic (exact) mass is 367 g/mol. The lowest BCUT2D eigenvalue weighted by Crippen LogP contribution is -2.49. The van der Waals surface area contributed by atoms with Crippen molar-refractivity contribution in [3.05, 3.63) is 60.8 Å². The predicted molar refractivity (Wildman–Crippen MR) is 105 cm³/mol. The highest BCUT2D eigenvalue weighted by Crippen LogP contribution is 2.33. The van der Waals surface area contributed by atoms with Gasteiger partial charge in [0.2, 0.25) is 0 Å². The number of aromatic nitrogens is 1. The van der Waals surface area contributed by atoms with Gasteiger partial charge in [-0.2, -0.15) is 0 Å². The van der Waals surface area contributed by atoms with Gasteiger partial charge >= 0.3 is 6.09 Å². The summed E-state index contributed by atoms with van der Waals surface area (Å²) in [4.78, 5) is 18.4. The standard InChI is InChI=1S/C21H25N3O3/c1-3-21(11-13-25)10-12-24(20(26)27-21)15(2)16-4-6-17(7-5-16)18-8-9-19(22)23-14-18/h3-9,14-15,25H,1,10-13H2,2H3,(H2,22,23)/t15-,21-/m0/s1. The number of carbonyl (C=O) groups is 1. The van der Waals surface area contributed by atoms with Crippen LogP contribution in [0.1, 0.15) is 31.4 Å². The number of cyclic esters (lactones) is 1. The first-order valence-electron chi connectivity index (χ1n) is 9.04. The van der Waals surface area contributed by atoms with Crippen molar-refractivity contribution in [1.82, 2.24) is 9.88 Å². The molecule has 1 aromatic heterocycles. The summed E-state index contributed by atoms with van der Waals surface area (Å²) in [5.74, 6) is 0.490. The molecule has 142 valence electrons. The minimum atomic E-state index is -0.770. The molecular formula is C21H25N3O3. The van der Waals surface area contributed by atoms with E-state index in [0.717, 1.165) is 16.7 Å². The Kier molecular flexibility index (Phi) is 5.46. The summed E-state index contributed by atoms with van der Waals surface area (Å²) in [6.07, 6.45) is 3.97. The molecule has 0 saturated carbocycles. The number of aliphatic hydroxyl groups is 1. The number of aliphatic hydroxyl groups excluding tert-OH is 1. The maximum absolute atomic E-state index is 12.5. The Bertz CT molecular complexity index is 804. The molecule has 1 aliphatic heterocycles. The van der Waals surface area contributed by atoms with E-state index in [9.17, 15) is 9.90 Å². The van der Waals surface area contributed by atoms with Crippen LogP contribution in [-0.2, 0) is 4.74 Å². The normalized spacial score (nSPS) is 20.8. The van der Waals surface area contributed by atoms with E-state index >= 15 is 0 Å². The second kappa shape index (κ2) is 7.80. The predicted octanol–water partition coefficient (Wildman–Crippen LogP) is 3.54. The number of ether oxygens (including phenoxy) is 1. The molecule has 0 bridgehead atoms. The largest absolute Gasteiger partial charge is 0.438 e. The van der Waals surface area contributed by atoms with E-state index in [0.29, 0.717) is 25.2 Å². The van der Waals surface area contributed by atoms with Crippen LogP contribution in [0.2, 0.25) is 0 Å². The van der Waals surface area contributed by atoms with Crippen LogP contribution in [0.5, 0.6) is 0 Å². The fourth-order valence-electron chi connectivity index (χ4n) is 3.36. The van der Waals surface area contributed by atoms with Gasteiger partial charge in [0.1, 0.15) is 11.4 Å². The molecule has 2 heterocycles. The number of pyridine rings is 1. The first kappa shape index (κ1) is 18.9. The summed E-state index contributed by atoms with van der Waals surface area (Å²) in [7, 11) is 0. The number of carbonyl (C=O) groups excluding carboxylic acids is 1. The third kappa shape index (κ3) is 3.95. The number of amides is 1. The lowest BCUT2D eigenvalue weighted by Gasteiger charge is -2.41. The molecule has 6 nitrogen and oxygen atoms in total. The van der Waals surface area contributed by atoms with Crippen LogP contribution < -0.4 is 5.73 Å². The number of nitrogen functional groups attached to an aromatic ring is 1. The first-order valence-corrected chi connectivity index (χ1v) is 9.04. The lowest BCUT2D eigenvalue weighted by atomic mass is 9.93. The van der Waals surface area contributed by atoms with Crippen LogP contribution in [0.15, 0.2) is 55.3 Å². The van der Waals surface area contributed by atoms with Crippen LogP contribution in [0.25, 0.3) is 11.1 Å².